The molecule has 1 atom stereocenters. The first kappa shape index (κ1) is 23.0. The molecule has 34 heavy (non-hydrogen) atoms. The molecule has 178 valence electrons. The monoisotopic (exact) mass is 479 g/mol. The summed E-state index contributed by atoms with van der Waals surface area (Å²) in [5, 5.41) is 4.81. The molecule has 0 saturated carbocycles. The van der Waals surface area contributed by atoms with Crippen molar-refractivity contribution in [1.82, 2.24) is 20.3 Å². The Morgan fingerprint density at radius 2 is 2.09 bits per heavy atom. The van der Waals surface area contributed by atoms with Crippen LogP contribution in [0, 0.1) is 18.7 Å². The van der Waals surface area contributed by atoms with E-state index in [4.69, 9.17) is 16.6 Å². The van der Waals surface area contributed by atoms with Gasteiger partial charge in [0.05, 0.1) is 5.39 Å². The average Bonchev–Trinajstić information content (AvgIpc) is 2.82. The summed E-state index contributed by atoms with van der Waals surface area (Å²) >= 11 is 6.68. The minimum atomic E-state index is -0.406. The number of aromatic nitrogens is 3. The quantitative estimate of drug-likeness (QED) is 0.463. The fraction of sp³-hybridized carbons (Fsp3) is 0.444. The first-order valence-corrected chi connectivity index (χ1v) is 12.6. The van der Waals surface area contributed by atoms with E-state index in [1.165, 1.54) is 6.42 Å². The Morgan fingerprint density at radius 3 is 2.91 bits per heavy atom. The zero-order chi connectivity index (χ0) is 23.8. The van der Waals surface area contributed by atoms with Crippen LogP contribution >= 0.6 is 11.6 Å². The molecule has 3 aromatic rings. The van der Waals surface area contributed by atoms with Crippen LogP contribution in [0.15, 0.2) is 30.6 Å². The van der Waals surface area contributed by atoms with Crippen molar-refractivity contribution < 1.29 is 4.39 Å². The standard InChI is InChI=1S/C27H31ClFN5/c1-4-23-32-26-21-14-31-25(24(26)29)20-12-16(2)13-22(28)19(20)8-7-17(3)30-10-9-18-6-5-11-34(15-18)27(21)33-23/h12-14,18,30H,3-11,15H2,1-2H3. The number of hydrogen-bond donors (Lipinski definition) is 1. The van der Waals surface area contributed by atoms with Crippen LogP contribution in [0.25, 0.3) is 22.2 Å². The van der Waals surface area contributed by atoms with E-state index < -0.39 is 5.82 Å². The molecule has 7 heteroatoms. The van der Waals surface area contributed by atoms with Gasteiger partial charge in [0, 0.05) is 48.5 Å². The summed E-state index contributed by atoms with van der Waals surface area (Å²) in [5.41, 5.74) is 4.19. The highest BCUT2D eigenvalue weighted by atomic mass is 35.5. The first-order chi connectivity index (χ1) is 16.4. The van der Waals surface area contributed by atoms with Crippen LogP contribution in [0.2, 0.25) is 5.02 Å². The molecule has 1 saturated heterocycles. The van der Waals surface area contributed by atoms with Gasteiger partial charge in [-0.15, -0.1) is 0 Å². The lowest BCUT2D eigenvalue weighted by molar-refractivity contribution is 0.386. The van der Waals surface area contributed by atoms with Crippen LogP contribution in [0.1, 0.15) is 49.6 Å². The molecular formula is C27H31ClFN5. The highest BCUT2D eigenvalue weighted by molar-refractivity contribution is 6.31. The van der Waals surface area contributed by atoms with E-state index in [1.54, 1.807) is 6.20 Å². The smallest absolute Gasteiger partial charge is 0.175 e. The number of pyridine rings is 1. The number of fused-ring (bicyclic) bond motifs is 6. The Labute approximate surface area is 205 Å². The minimum Gasteiger partial charge on any atom is -0.389 e. The van der Waals surface area contributed by atoms with Gasteiger partial charge in [0.1, 0.15) is 22.9 Å². The first-order valence-electron chi connectivity index (χ1n) is 12.3. The molecule has 0 radical (unpaired) electrons. The zero-order valence-electron chi connectivity index (χ0n) is 19.9. The lowest BCUT2D eigenvalue weighted by atomic mass is 9.94. The van der Waals surface area contributed by atoms with Crippen molar-refractivity contribution >= 4 is 28.3 Å². The maximum atomic E-state index is 16.2. The Kier molecular flexibility index (Phi) is 6.43. The SMILES string of the molecule is C=C1CCc2c(Cl)cc(C)cc2-c2ncc3c(nc(CC)nc3c2F)N2CCCC(CCN1)C2. The molecule has 1 aromatic carbocycles. The van der Waals surface area contributed by atoms with E-state index in [1.807, 2.05) is 26.0 Å². The van der Waals surface area contributed by atoms with Crippen molar-refractivity contribution in [2.24, 2.45) is 5.92 Å². The highest BCUT2D eigenvalue weighted by Crippen LogP contribution is 2.37. The number of benzene rings is 1. The van der Waals surface area contributed by atoms with Crippen molar-refractivity contribution in [3.63, 3.8) is 0 Å². The maximum Gasteiger partial charge on any atom is 0.175 e. The summed E-state index contributed by atoms with van der Waals surface area (Å²) in [6.07, 6.45) is 7.13. The molecule has 1 fully saturated rings. The van der Waals surface area contributed by atoms with Gasteiger partial charge in [0.2, 0.25) is 0 Å². The normalized spacial score (nSPS) is 18.9. The van der Waals surface area contributed by atoms with Gasteiger partial charge in [-0.05, 0) is 68.2 Å². The maximum absolute atomic E-state index is 16.2. The molecule has 6 bridgehead atoms. The summed E-state index contributed by atoms with van der Waals surface area (Å²) in [4.78, 5) is 16.4. The molecule has 3 aliphatic heterocycles. The molecule has 0 spiro atoms. The predicted molar refractivity (Wildman–Crippen MR) is 137 cm³/mol. The molecular weight excluding hydrogens is 449 g/mol. The molecule has 6 rings (SSSR count). The Bertz CT molecular complexity index is 1260. The van der Waals surface area contributed by atoms with Gasteiger partial charge in [-0.3, -0.25) is 4.98 Å². The van der Waals surface area contributed by atoms with E-state index in [2.05, 4.69) is 26.8 Å². The molecule has 3 aliphatic rings. The summed E-state index contributed by atoms with van der Waals surface area (Å²) < 4.78 is 16.2. The van der Waals surface area contributed by atoms with Crippen LogP contribution in [0.4, 0.5) is 10.2 Å². The lowest BCUT2D eigenvalue weighted by Crippen LogP contribution is -2.37. The summed E-state index contributed by atoms with van der Waals surface area (Å²) in [6.45, 7) is 10.9. The van der Waals surface area contributed by atoms with Crippen LogP contribution in [0.3, 0.4) is 0 Å². The number of nitrogens with zero attached hydrogens (tertiary/aromatic N) is 4. The fourth-order valence-corrected chi connectivity index (χ4v) is 5.59. The van der Waals surface area contributed by atoms with Crippen LogP contribution in [-0.2, 0) is 12.8 Å². The number of piperidine rings is 1. The van der Waals surface area contributed by atoms with Crippen molar-refractivity contribution in [1.29, 1.82) is 0 Å². The Morgan fingerprint density at radius 1 is 1.24 bits per heavy atom. The van der Waals surface area contributed by atoms with Crippen molar-refractivity contribution in [2.75, 3.05) is 24.5 Å². The second kappa shape index (κ2) is 9.49. The molecule has 0 aliphatic carbocycles. The second-order valence-electron chi connectivity index (χ2n) is 9.55. The lowest BCUT2D eigenvalue weighted by Gasteiger charge is -2.34. The van der Waals surface area contributed by atoms with Crippen LogP contribution in [0.5, 0.6) is 0 Å². The summed E-state index contributed by atoms with van der Waals surface area (Å²) in [6, 6.07) is 3.90. The molecule has 1 N–H and O–H groups in total. The van der Waals surface area contributed by atoms with E-state index >= 15 is 4.39 Å². The van der Waals surface area contributed by atoms with Gasteiger partial charge >= 0.3 is 0 Å². The van der Waals surface area contributed by atoms with E-state index in [-0.39, 0.29) is 0 Å². The van der Waals surface area contributed by atoms with E-state index in [9.17, 15) is 0 Å². The average molecular weight is 480 g/mol. The topological polar surface area (TPSA) is 53.9 Å². The third-order valence-electron chi connectivity index (χ3n) is 7.04. The number of rotatable bonds is 1. The molecule has 1 unspecified atom stereocenters. The molecule has 2 aromatic heterocycles. The molecule has 5 heterocycles. The van der Waals surface area contributed by atoms with E-state index in [0.717, 1.165) is 67.1 Å². The third-order valence-corrected chi connectivity index (χ3v) is 7.38. The van der Waals surface area contributed by atoms with Gasteiger partial charge in [0.25, 0.3) is 0 Å². The number of hydrogen-bond acceptors (Lipinski definition) is 5. The van der Waals surface area contributed by atoms with Crippen LogP contribution < -0.4 is 10.2 Å². The molecule has 0 amide bonds. The van der Waals surface area contributed by atoms with Gasteiger partial charge in [-0.25, -0.2) is 14.4 Å². The van der Waals surface area contributed by atoms with Crippen molar-refractivity contribution in [3.05, 3.63) is 58.4 Å². The Hall–Kier alpha value is -2.73. The number of allylic oxidation sites excluding steroid dienone is 1. The van der Waals surface area contributed by atoms with Gasteiger partial charge in [0.15, 0.2) is 5.82 Å². The van der Waals surface area contributed by atoms with Crippen molar-refractivity contribution in [2.45, 2.75) is 52.4 Å². The summed E-state index contributed by atoms with van der Waals surface area (Å²) in [5.74, 6) is 1.60. The van der Waals surface area contributed by atoms with E-state index in [0.29, 0.717) is 46.2 Å². The molecule has 5 nitrogen and oxygen atoms in total. The van der Waals surface area contributed by atoms with Gasteiger partial charge in [-0.1, -0.05) is 25.1 Å². The number of nitrogens with one attached hydrogen (secondary N) is 1. The minimum absolute atomic E-state index is 0.294. The highest BCUT2D eigenvalue weighted by Gasteiger charge is 2.26. The van der Waals surface area contributed by atoms with Crippen molar-refractivity contribution in [3.8, 4) is 11.3 Å². The Balaban J connectivity index is 1.74. The number of aryl methyl sites for hydroxylation is 2. The van der Waals surface area contributed by atoms with Gasteiger partial charge < -0.3 is 10.2 Å². The van der Waals surface area contributed by atoms with Crippen LogP contribution in [-0.4, -0.2) is 34.6 Å². The third kappa shape index (κ3) is 4.36. The largest absolute Gasteiger partial charge is 0.389 e. The number of halogens is 2. The zero-order valence-corrected chi connectivity index (χ0v) is 20.7. The van der Waals surface area contributed by atoms with Gasteiger partial charge in [-0.2, -0.15) is 0 Å². The fourth-order valence-electron chi connectivity index (χ4n) is 5.22. The second-order valence-corrected chi connectivity index (χ2v) is 9.95. The summed E-state index contributed by atoms with van der Waals surface area (Å²) in [7, 11) is 0. The number of anilines is 1. The predicted octanol–water partition coefficient (Wildman–Crippen LogP) is 6.01.